The minimum atomic E-state index is -0.398. The molecule has 0 saturated heterocycles. The number of carbonyl (C=O) groups excluding carboxylic acids is 2. The maximum Gasteiger partial charge on any atom is 0.162 e. The molecule has 2 aliphatic carbocycles. The van der Waals surface area contributed by atoms with Gasteiger partial charge in [-0.1, -0.05) is 64.4 Å². The Morgan fingerprint density at radius 3 is 1.93 bits per heavy atom. The van der Waals surface area contributed by atoms with Gasteiger partial charge >= 0.3 is 0 Å². The van der Waals surface area contributed by atoms with Crippen LogP contribution in [0, 0.1) is 10.8 Å². The predicted octanol–water partition coefficient (Wildman–Crippen LogP) is 8.41. The van der Waals surface area contributed by atoms with Crippen LogP contribution in [0.25, 0.3) is 0 Å². The second-order valence-corrected chi connectivity index (χ2v) is 13.7. The third-order valence-electron chi connectivity index (χ3n) is 8.38. The number of hydrogen-bond acceptors (Lipinski definition) is 5. The lowest BCUT2D eigenvalue weighted by atomic mass is 9.63. The van der Waals surface area contributed by atoms with Crippen molar-refractivity contribution in [2.45, 2.75) is 86.2 Å². The minimum Gasteiger partial charge on any atom is -0.490 e. The third kappa shape index (κ3) is 5.97. The summed E-state index contributed by atoms with van der Waals surface area (Å²) in [6.07, 6.45) is 3.53. The van der Waals surface area contributed by atoms with E-state index in [4.69, 9.17) is 21.1 Å². The number of hydrogen-bond donors (Lipinski definition) is 0. The van der Waals surface area contributed by atoms with Crippen molar-refractivity contribution in [2.75, 3.05) is 13.2 Å². The maximum absolute atomic E-state index is 14.0. The van der Waals surface area contributed by atoms with Crippen LogP contribution in [-0.4, -0.2) is 29.6 Å². The second kappa shape index (κ2) is 11.3. The fourth-order valence-corrected chi connectivity index (χ4v) is 6.83. The summed E-state index contributed by atoms with van der Waals surface area (Å²) < 4.78 is 12.3. The molecule has 0 amide bonds. The molecule has 218 valence electrons. The Morgan fingerprint density at radius 1 is 0.805 bits per heavy atom. The Morgan fingerprint density at radius 2 is 1.39 bits per heavy atom. The van der Waals surface area contributed by atoms with Crippen molar-refractivity contribution in [2.24, 2.45) is 10.8 Å². The number of benzene rings is 2. The largest absolute Gasteiger partial charge is 0.490 e. The first-order chi connectivity index (χ1) is 19.4. The van der Waals surface area contributed by atoms with Crippen LogP contribution in [0.2, 0.25) is 5.02 Å². The van der Waals surface area contributed by atoms with Crippen LogP contribution < -0.4 is 9.47 Å². The van der Waals surface area contributed by atoms with E-state index < -0.39 is 5.92 Å². The summed E-state index contributed by atoms with van der Waals surface area (Å²) in [6.45, 7) is 14.5. The highest BCUT2D eigenvalue weighted by atomic mass is 35.5. The molecule has 2 aromatic carbocycles. The van der Waals surface area contributed by atoms with Crippen molar-refractivity contribution in [3.63, 3.8) is 0 Å². The first-order valence-corrected chi connectivity index (χ1v) is 15.2. The van der Waals surface area contributed by atoms with Gasteiger partial charge in [0.1, 0.15) is 6.61 Å². The van der Waals surface area contributed by atoms with Crippen LogP contribution in [0.1, 0.15) is 90.7 Å². The number of carbonyl (C=O) groups is 2. The maximum atomic E-state index is 14.0. The Balaban J connectivity index is 1.62. The average molecular weight is 576 g/mol. The molecule has 5 rings (SSSR count). The van der Waals surface area contributed by atoms with Gasteiger partial charge in [0.05, 0.1) is 6.61 Å². The van der Waals surface area contributed by atoms with Gasteiger partial charge in [0, 0.05) is 52.9 Å². The van der Waals surface area contributed by atoms with Gasteiger partial charge in [-0.25, -0.2) is 0 Å². The van der Waals surface area contributed by atoms with Crippen molar-refractivity contribution >= 4 is 23.2 Å². The van der Waals surface area contributed by atoms with Crippen molar-refractivity contribution < 1.29 is 19.1 Å². The van der Waals surface area contributed by atoms with Gasteiger partial charge in [-0.2, -0.15) is 0 Å². The van der Waals surface area contributed by atoms with E-state index in [1.807, 2.05) is 49.4 Å². The molecule has 3 aliphatic rings. The Labute approximate surface area is 249 Å². The number of Topliss-reactive ketones (excluding diaryl/α,β-unsaturated/α-hetero) is 2. The van der Waals surface area contributed by atoms with Crippen molar-refractivity contribution in [3.05, 3.63) is 81.2 Å². The molecule has 0 N–H and O–H groups in total. The quantitative estimate of drug-likeness (QED) is 0.316. The Hall–Kier alpha value is -3.05. The first-order valence-electron chi connectivity index (χ1n) is 14.9. The lowest BCUT2D eigenvalue weighted by Crippen LogP contribution is -2.44. The number of rotatable bonds is 8. The first kappa shape index (κ1) is 29.4. The van der Waals surface area contributed by atoms with Gasteiger partial charge in [-0.15, -0.1) is 0 Å². The molecule has 0 atom stereocenters. The number of halogens is 1. The summed E-state index contributed by atoms with van der Waals surface area (Å²) in [5.74, 6) is 1.14. The molecule has 0 bridgehead atoms. The van der Waals surface area contributed by atoms with Gasteiger partial charge in [-0.05, 0) is 72.4 Å². The van der Waals surface area contributed by atoms with Crippen LogP contribution in [0.4, 0.5) is 0 Å². The standard InChI is InChI=1S/C35H42ClNO4/c1-7-15-37-25-17-34(3,4)19-27(38)32(25)31(33-26(37)18-35(5,6)20-28(33)39)23-11-14-29(30(16-23)40-8-2)41-21-22-9-12-24(36)13-10-22/h9-14,16,31H,7-8,15,17-21H2,1-6H3. The normalized spacial score (nSPS) is 20.2. The second-order valence-electron chi connectivity index (χ2n) is 13.2. The van der Waals surface area contributed by atoms with Crippen LogP contribution >= 0.6 is 11.6 Å². The van der Waals surface area contributed by atoms with E-state index in [0.29, 0.717) is 42.6 Å². The smallest absolute Gasteiger partial charge is 0.162 e. The Kier molecular flexibility index (Phi) is 8.13. The molecule has 0 unspecified atom stereocenters. The molecule has 0 saturated carbocycles. The monoisotopic (exact) mass is 575 g/mol. The number of ether oxygens (including phenoxy) is 2. The van der Waals surface area contributed by atoms with Gasteiger partial charge in [0.15, 0.2) is 23.1 Å². The molecule has 0 radical (unpaired) electrons. The molecule has 0 spiro atoms. The topological polar surface area (TPSA) is 55.8 Å². The summed E-state index contributed by atoms with van der Waals surface area (Å²) in [6, 6.07) is 13.5. The molecule has 1 heterocycles. The van der Waals surface area contributed by atoms with Gasteiger partial charge in [0.25, 0.3) is 0 Å². The summed E-state index contributed by atoms with van der Waals surface area (Å²) in [5, 5.41) is 0.682. The zero-order valence-corrected chi connectivity index (χ0v) is 26.0. The molecular formula is C35H42ClNO4. The highest BCUT2D eigenvalue weighted by Gasteiger charge is 2.48. The molecule has 2 aromatic rings. The van der Waals surface area contributed by atoms with E-state index >= 15 is 0 Å². The molecule has 6 heteroatoms. The number of allylic oxidation sites excluding steroid dienone is 4. The van der Waals surface area contributed by atoms with Gasteiger partial charge in [0.2, 0.25) is 0 Å². The van der Waals surface area contributed by atoms with E-state index in [1.54, 1.807) is 0 Å². The number of ketones is 2. The van der Waals surface area contributed by atoms with Crippen molar-refractivity contribution in [3.8, 4) is 11.5 Å². The van der Waals surface area contributed by atoms with E-state index in [2.05, 4.69) is 39.5 Å². The van der Waals surface area contributed by atoms with Crippen LogP contribution in [-0.2, 0) is 16.2 Å². The highest BCUT2D eigenvalue weighted by molar-refractivity contribution is 6.30. The zero-order chi connectivity index (χ0) is 29.5. The molecule has 0 fully saturated rings. The summed E-state index contributed by atoms with van der Waals surface area (Å²) in [5.41, 5.74) is 5.43. The van der Waals surface area contributed by atoms with Crippen LogP contribution in [0.3, 0.4) is 0 Å². The summed E-state index contributed by atoms with van der Waals surface area (Å²) in [4.78, 5) is 30.3. The lowest BCUT2D eigenvalue weighted by molar-refractivity contribution is -0.119. The predicted molar refractivity (Wildman–Crippen MR) is 163 cm³/mol. The molecule has 0 aromatic heterocycles. The zero-order valence-electron chi connectivity index (χ0n) is 25.2. The number of nitrogens with zero attached hydrogens (tertiary/aromatic N) is 1. The average Bonchev–Trinajstić information content (AvgIpc) is 2.88. The Bertz CT molecular complexity index is 1360. The van der Waals surface area contributed by atoms with E-state index in [1.165, 1.54) is 0 Å². The fraction of sp³-hybridized carbons (Fsp3) is 0.486. The van der Waals surface area contributed by atoms with E-state index in [9.17, 15) is 9.59 Å². The van der Waals surface area contributed by atoms with Crippen molar-refractivity contribution in [1.29, 1.82) is 0 Å². The highest BCUT2D eigenvalue weighted by Crippen LogP contribution is 2.55. The van der Waals surface area contributed by atoms with Gasteiger partial charge < -0.3 is 14.4 Å². The molecule has 1 aliphatic heterocycles. The summed E-state index contributed by atoms with van der Waals surface area (Å²) >= 11 is 6.04. The van der Waals surface area contributed by atoms with Crippen LogP contribution in [0.5, 0.6) is 11.5 Å². The lowest BCUT2D eigenvalue weighted by Gasteiger charge is -2.49. The van der Waals surface area contributed by atoms with E-state index in [-0.39, 0.29) is 22.4 Å². The fourth-order valence-electron chi connectivity index (χ4n) is 6.71. The third-order valence-corrected chi connectivity index (χ3v) is 8.63. The SMILES string of the molecule is CCCN1C2=C(C(=O)CC(C)(C)C2)C(c2ccc(OCc3ccc(Cl)cc3)c(OCC)c2)C2=C1CC(C)(C)CC2=O. The minimum absolute atomic E-state index is 0.130. The summed E-state index contributed by atoms with van der Waals surface area (Å²) in [7, 11) is 0. The molecular weight excluding hydrogens is 534 g/mol. The molecule has 41 heavy (non-hydrogen) atoms. The van der Waals surface area contributed by atoms with Crippen LogP contribution in [0.15, 0.2) is 65.0 Å². The van der Waals surface area contributed by atoms with E-state index in [0.717, 1.165) is 59.5 Å². The van der Waals surface area contributed by atoms with Crippen molar-refractivity contribution in [1.82, 2.24) is 4.90 Å². The van der Waals surface area contributed by atoms with Gasteiger partial charge in [-0.3, -0.25) is 9.59 Å². The molecule has 5 nitrogen and oxygen atoms in total.